The number of piperidine rings is 2. The third kappa shape index (κ3) is 5.42. The molecule has 0 radical (unpaired) electrons. The molecule has 5 N–H and O–H groups in total. The van der Waals surface area contributed by atoms with E-state index in [1.807, 2.05) is 12.1 Å². The lowest BCUT2D eigenvalue weighted by atomic mass is 9.98. The zero-order valence-corrected chi connectivity index (χ0v) is 20.4. The number of likely N-dealkylation sites (tertiary alicyclic amines) is 1. The molecule has 0 saturated carbocycles. The van der Waals surface area contributed by atoms with E-state index in [2.05, 4.69) is 32.2 Å². The summed E-state index contributed by atoms with van der Waals surface area (Å²) in [7, 11) is 0. The zero-order valence-electron chi connectivity index (χ0n) is 19.6. The topological polar surface area (TPSA) is 115 Å². The number of phenolic OH excluding ortho intramolecular Hbond substituents is 1. The molecule has 5 rings (SSSR count). The Kier molecular flexibility index (Phi) is 6.90. The van der Waals surface area contributed by atoms with Crippen molar-refractivity contribution >= 4 is 39.4 Å². The van der Waals surface area contributed by atoms with E-state index < -0.39 is 0 Å². The number of β-amino-alcohol motifs (C(OH)–C–C–N with tert-alkyl or cyclic N) is 1. The largest absolute Gasteiger partial charge is 0.508 e. The van der Waals surface area contributed by atoms with E-state index in [0.717, 1.165) is 57.5 Å². The number of aromatic nitrogens is 1. The number of nitrogens with two attached hydrogens (primary N) is 1. The maximum atomic E-state index is 12.8. The maximum Gasteiger partial charge on any atom is 0.206 e. The first kappa shape index (κ1) is 23.6. The number of thiazole rings is 1. The Morgan fingerprint density at radius 1 is 1.09 bits per heavy atom. The molecule has 0 spiro atoms. The van der Waals surface area contributed by atoms with Crippen LogP contribution in [0.4, 0.5) is 22.3 Å². The summed E-state index contributed by atoms with van der Waals surface area (Å²) >= 11 is 1.20. The number of aliphatic hydroxyl groups is 1. The van der Waals surface area contributed by atoms with E-state index in [9.17, 15) is 15.0 Å². The molecule has 2 aliphatic rings. The SMILES string of the molecule is Nc1nc(Nc2ccc(N3CCC(N4CCCC(O)C4)CC3)cc2)sc1C(=O)c1cccc(O)c1. The molecule has 0 amide bonds. The Balaban J connectivity index is 1.19. The van der Waals surface area contributed by atoms with Crippen molar-refractivity contribution in [1.82, 2.24) is 9.88 Å². The summed E-state index contributed by atoms with van der Waals surface area (Å²) in [5, 5.41) is 23.4. The average molecular weight is 494 g/mol. The number of aliphatic hydroxyl groups excluding tert-OH is 1. The number of nitrogen functional groups attached to an aromatic ring is 1. The van der Waals surface area contributed by atoms with E-state index in [4.69, 9.17) is 5.73 Å². The number of nitrogens with zero attached hydrogens (tertiary/aromatic N) is 3. The Morgan fingerprint density at radius 3 is 2.57 bits per heavy atom. The van der Waals surface area contributed by atoms with Crippen molar-refractivity contribution in [2.75, 3.05) is 42.1 Å². The van der Waals surface area contributed by atoms with Gasteiger partial charge in [0.15, 0.2) is 5.13 Å². The first-order valence-corrected chi connectivity index (χ1v) is 12.9. The van der Waals surface area contributed by atoms with Crippen LogP contribution in [0.2, 0.25) is 0 Å². The standard InChI is InChI=1S/C26H31N5O3S/c27-25-24(23(34)17-3-1-4-21(32)15-17)35-26(29-25)28-18-6-8-19(9-7-18)30-13-10-20(11-14-30)31-12-2-5-22(33)16-31/h1,3-4,6-9,15,20,22,32-33H,2,5,10-14,16,27H2,(H,28,29). The number of carbonyl (C=O) groups excluding carboxylic acids is 1. The lowest BCUT2D eigenvalue weighted by molar-refractivity contribution is 0.0398. The molecular weight excluding hydrogens is 462 g/mol. The van der Waals surface area contributed by atoms with Crippen molar-refractivity contribution < 1.29 is 15.0 Å². The summed E-state index contributed by atoms with van der Waals surface area (Å²) in [5.41, 5.74) is 8.45. The second-order valence-electron chi connectivity index (χ2n) is 9.29. The number of hydrogen-bond acceptors (Lipinski definition) is 9. The quantitative estimate of drug-likeness (QED) is 0.383. The first-order valence-electron chi connectivity index (χ1n) is 12.1. The summed E-state index contributed by atoms with van der Waals surface area (Å²) in [4.78, 5) is 22.3. The van der Waals surface area contributed by atoms with E-state index >= 15 is 0 Å². The van der Waals surface area contributed by atoms with Crippen LogP contribution in [0.3, 0.4) is 0 Å². The third-order valence-corrected chi connectivity index (χ3v) is 7.85. The zero-order chi connectivity index (χ0) is 24.4. The molecule has 1 aromatic heterocycles. The van der Waals surface area contributed by atoms with Crippen molar-refractivity contribution in [1.29, 1.82) is 0 Å². The van der Waals surface area contributed by atoms with Gasteiger partial charge in [0, 0.05) is 42.6 Å². The number of benzene rings is 2. The highest BCUT2D eigenvalue weighted by atomic mass is 32.1. The summed E-state index contributed by atoms with van der Waals surface area (Å²) in [6.45, 7) is 3.93. The van der Waals surface area contributed by atoms with Gasteiger partial charge in [-0.2, -0.15) is 0 Å². The molecule has 35 heavy (non-hydrogen) atoms. The van der Waals surface area contributed by atoms with Crippen LogP contribution in [0.15, 0.2) is 48.5 Å². The number of nitrogens with one attached hydrogen (secondary N) is 1. The molecule has 9 heteroatoms. The number of ketones is 1. The van der Waals surface area contributed by atoms with Gasteiger partial charge < -0.3 is 26.2 Å². The van der Waals surface area contributed by atoms with Gasteiger partial charge in [0.05, 0.1) is 6.10 Å². The second kappa shape index (κ2) is 10.2. The summed E-state index contributed by atoms with van der Waals surface area (Å²) < 4.78 is 0. The van der Waals surface area contributed by atoms with Crippen LogP contribution >= 0.6 is 11.3 Å². The van der Waals surface area contributed by atoms with Crippen molar-refractivity contribution in [3.63, 3.8) is 0 Å². The monoisotopic (exact) mass is 493 g/mol. The number of hydrogen-bond donors (Lipinski definition) is 4. The Bertz CT molecular complexity index is 1170. The van der Waals surface area contributed by atoms with Gasteiger partial charge in [-0.1, -0.05) is 23.5 Å². The lowest BCUT2D eigenvalue weighted by Gasteiger charge is -2.42. The average Bonchev–Trinajstić information content (AvgIpc) is 3.24. The summed E-state index contributed by atoms with van der Waals surface area (Å²) in [6, 6.07) is 15.0. The third-order valence-electron chi connectivity index (χ3n) is 6.86. The van der Waals surface area contributed by atoms with Gasteiger partial charge in [0.25, 0.3) is 0 Å². The number of aromatic hydroxyl groups is 1. The van der Waals surface area contributed by atoms with Crippen LogP contribution in [0, 0.1) is 0 Å². The summed E-state index contributed by atoms with van der Waals surface area (Å²) in [6.07, 6.45) is 4.07. The highest BCUT2D eigenvalue weighted by Gasteiger charge is 2.28. The minimum Gasteiger partial charge on any atom is -0.508 e. The second-order valence-corrected chi connectivity index (χ2v) is 10.3. The molecule has 2 aromatic carbocycles. The Hall–Kier alpha value is -3.14. The van der Waals surface area contributed by atoms with Crippen LogP contribution in [-0.4, -0.2) is 64.2 Å². The molecule has 8 nitrogen and oxygen atoms in total. The molecule has 0 aliphatic carbocycles. The molecule has 0 bridgehead atoms. The molecule has 2 saturated heterocycles. The van der Waals surface area contributed by atoms with Crippen molar-refractivity contribution in [3.05, 3.63) is 59.0 Å². The first-order chi connectivity index (χ1) is 17.0. The lowest BCUT2D eigenvalue weighted by Crippen LogP contribution is -2.49. The van der Waals surface area contributed by atoms with E-state index in [-0.39, 0.29) is 23.5 Å². The fourth-order valence-corrected chi connectivity index (χ4v) is 5.88. The minimum absolute atomic E-state index is 0.0342. The summed E-state index contributed by atoms with van der Waals surface area (Å²) in [5.74, 6) is -0.0554. The van der Waals surface area contributed by atoms with E-state index in [0.29, 0.717) is 21.6 Å². The molecule has 3 heterocycles. The maximum absolute atomic E-state index is 12.8. The Morgan fingerprint density at radius 2 is 1.86 bits per heavy atom. The Labute approximate surface area is 209 Å². The highest BCUT2D eigenvalue weighted by molar-refractivity contribution is 7.18. The number of phenols is 1. The number of anilines is 4. The number of carbonyl (C=O) groups is 1. The van der Waals surface area contributed by atoms with Gasteiger partial charge in [-0.15, -0.1) is 0 Å². The van der Waals surface area contributed by atoms with Crippen LogP contribution in [0.25, 0.3) is 0 Å². The fraction of sp³-hybridized carbons (Fsp3) is 0.385. The van der Waals surface area contributed by atoms with Crippen molar-refractivity contribution in [2.45, 2.75) is 37.8 Å². The van der Waals surface area contributed by atoms with Crippen molar-refractivity contribution in [3.8, 4) is 5.75 Å². The van der Waals surface area contributed by atoms with Gasteiger partial charge >= 0.3 is 0 Å². The molecule has 3 aromatic rings. The fourth-order valence-electron chi connectivity index (χ4n) is 5.01. The number of rotatable bonds is 6. The predicted molar refractivity (Wildman–Crippen MR) is 140 cm³/mol. The van der Waals surface area contributed by atoms with Crippen molar-refractivity contribution in [2.24, 2.45) is 0 Å². The molecule has 184 valence electrons. The van der Waals surface area contributed by atoms with Crippen LogP contribution in [0.5, 0.6) is 5.75 Å². The van der Waals surface area contributed by atoms with Crippen LogP contribution in [0.1, 0.15) is 40.9 Å². The molecule has 1 atom stereocenters. The predicted octanol–water partition coefficient (Wildman–Crippen LogP) is 3.83. The van der Waals surface area contributed by atoms with Gasteiger partial charge in [-0.3, -0.25) is 9.69 Å². The normalized spacial score (nSPS) is 19.6. The van der Waals surface area contributed by atoms with Gasteiger partial charge in [0.1, 0.15) is 16.4 Å². The minimum atomic E-state index is -0.262. The van der Waals surface area contributed by atoms with Crippen LogP contribution < -0.4 is 16.0 Å². The van der Waals surface area contributed by atoms with Gasteiger partial charge in [0.2, 0.25) is 5.78 Å². The van der Waals surface area contributed by atoms with Crippen LogP contribution in [-0.2, 0) is 0 Å². The van der Waals surface area contributed by atoms with Gasteiger partial charge in [-0.25, -0.2) is 4.98 Å². The highest BCUT2D eigenvalue weighted by Crippen LogP contribution is 2.31. The molecule has 2 aliphatic heterocycles. The van der Waals surface area contributed by atoms with E-state index in [1.165, 1.54) is 29.2 Å². The van der Waals surface area contributed by atoms with Gasteiger partial charge in [-0.05, 0) is 68.6 Å². The molecular formula is C26H31N5O3S. The van der Waals surface area contributed by atoms with E-state index in [1.54, 1.807) is 12.1 Å². The molecule has 2 fully saturated rings. The molecule has 1 unspecified atom stereocenters. The smallest absolute Gasteiger partial charge is 0.206 e.